The molecule has 1 aromatic rings. The highest BCUT2D eigenvalue weighted by Crippen LogP contribution is 2.30. The average Bonchev–Trinajstić information content (AvgIpc) is 2.66. The van der Waals surface area contributed by atoms with Gasteiger partial charge in [-0.1, -0.05) is 0 Å². The Kier molecular flexibility index (Phi) is 4.22. The number of carbonyl (C=O) groups excluding carboxylic acids is 2. The van der Waals surface area contributed by atoms with E-state index in [9.17, 15) is 18.4 Å². The number of amides is 3. The van der Waals surface area contributed by atoms with Gasteiger partial charge in [-0.25, -0.2) is 13.6 Å². The van der Waals surface area contributed by atoms with E-state index in [0.29, 0.717) is 6.61 Å². The lowest BCUT2D eigenvalue weighted by molar-refractivity contribution is -0.131. The summed E-state index contributed by atoms with van der Waals surface area (Å²) in [6, 6.07) is 2.15. The summed E-state index contributed by atoms with van der Waals surface area (Å²) in [5.41, 5.74) is -1.81. The molecule has 0 spiro atoms. The zero-order chi connectivity index (χ0) is 15.6. The number of hydrogen-bond acceptors (Lipinski definition) is 3. The van der Waals surface area contributed by atoms with Gasteiger partial charge in [-0.05, 0) is 32.0 Å². The van der Waals surface area contributed by atoms with E-state index in [0.717, 1.165) is 23.1 Å². The second-order valence-electron chi connectivity index (χ2n) is 4.83. The Morgan fingerprint density at radius 2 is 2.05 bits per heavy atom. The number of rotatable bonds is 5. The zero-order valence-electron chi connectivity index (χ0n) is 11.8. The smallest absolute Gasteiger partial charge is 0.325 e. The van der Waals surface area contributed by atoms with E-state index < -0.39 is 29.1 Å². The van der Waals surface area contributed by atoms with Crippen LogP contribution >= 0.6 is 0 Å². The molecule has 0 unspecified atom stereocenters. The van der Waals surface area contributed by atoms with E-state index in [4.69, 9.17) is 4.74 Å². The van der Waals surface area contributed by atoms with Crippen LogP contribution in [0.2, 0.25) is 0 Å². The predicted octanol–water partition coefficient (Wildman–Crippen LogP) is 1.77. The minimum absolute atomic E-state index is 0.0605. The molecule has 0 aromatic heterocycles. The summed E-state index contributed by atoms with van der Waals surface area (Å²) in [6.07, 6.45) is 0. The van der Waals surface area contributed by atoms with Crippen molar-refractivity contribution in [2.45, 2.75) is 19.4 Å². The second-order valence-corrected chi connectivity index (χ2v) is 4.83. The molecule has 1 aromatic carbocycles. The molecule has 1 aliphatic rings. The van der Waals surface area contributed by atoms with Crippen LogP contribution in [0.4, 0.5) is 13.6 Å². The summed E-state index contributed by atoms with van der Waals surface area (Å²) in [6.45, 7) is 3.85. The molecular weight excluding hydrogens is 282 g/mol. The van der Waals surface area contributed by atoms with Crippen LogP contribution in [0.25, 0.3) is 0 Å². The predicted molar refractivity (Wildman–Crippen MR) is 70.4 cm³/mol. The molecule has 1 fully saturated rings. The number of halogens is 2. The van der Waals surface area contributed by atoms with Gasteiger partial charge in [0, 0.05) is 12.2 Å². The Morgan fingerprint density at radius 3 is 2.71 bits per heavy atom. The fourth-order valence-electron chi connectivity index (χ4n) is 2.26. The minimum atomic E-state index is -1.62. The van der Waals surface area contributed by atoms with Crippen molar-refractivity contribution in [2.24, 2.45) is 0 Å². The molecule has 21 heavy (non-hydrogen) atoms. The van der Waals surface area contributed by atoms with Crippen molar-refractivity contribution in [3.8, 4) is 0 Å². The van der Waals surface area contributed by atoms with Crippen molar-refractivity contribution in [1.29, 1.82) is 0 Å². The summed E-state index contributed by atoms with van der Waals surface area (Å²) in [5, 5.41) is 2.42. The highest BCUT2D eigenvalue weighted by Gasteiger charge is 2.50. The van der Waals surface area contributed by atoms with E-state index in [1.807, 2.05) is 0 Å². The van der Waals surface area contributed by atoms with Gasteiger partial charge in [0.15, 0.2) is 0 Å². The highest BCUT2D eigenvalue weighted by atomic mass is 19.1. The fourth-order valence-corrected chi connectivity index (χ4v) is 2.26. The molecule has 3 amide bonds. The third kappa shape index (κ3) is 2.73. The number of hydrogen-bond donors (Lipinski definition) is 1. The van der Waals surface area contributed by atoms with Gasteiger partial charge in [0.1, 0.15) is 17.2 Å². The van der Waals surface area contributed by atoms with Crippen LogP contribution in [0.1, 0.15) is 19.4 Å². The van der Waals surface area contributed by atoms with E-state index in [-0.39, 0.29) is 18.7 Å². The topological polar surface area (TPSA) is 58.6 Å². The van der Waals surface area contributed by atoms with E-state index in [2.05, 4.69) is 5.32 Å². The fraction of sp³-hybridized carbons (Fsp3) is 0.429. The van der Waals surface area contributed by atoms with Crippen molar-refractivity contribution < 1.29 is 23.1 Å². The van der Waals surface area contributed by atoms with E-state index >= 15 is 0 Å². The van der Waals surface area contributed by atoms with Gasteiger partial charge in [0.05, 0.1) is 13.2 Å². The molecule has 0 saturated carbocycles. The summed E-state index contributed by atoms with van der Waals surface area (Å²) in [4.78, 5) is 25.2. The maximum absolute atomic E-state index is 13.9. The van der Waals surface area contributed by atoms with Gasteiger partial charge >= 0.3 is 6.03 Å². The maximum Gasteiger partial charge on any atom is 0.325 e. The van der Waals surface area contributed by atoms with Crippen LogP contribution in [-0.4, -0.2) is 36.6 Å². The van der Waals surface area contributed by atoms with Gasteiger partial charge in [0.2, 0.25) is 0 Å². The van der Waals surface area contributed by atoms with Crippen LogP contribution in [0.15, 0.2) is 18.2 Å². The summed E-state index contributed by atoms with van der Waals surface area (Å²) in [5.74, 6) is -2.06. The largest absolute Gasteiger partial charge is 0.380 e. The lowest BCUT2D eigenvalue weighted by Crippen LogP contribution is -2.42. The quantitative estimate of drug-likeness (QED) is 0.666. The van der Waals surface area contributed by atoms with Crippen molar-refractivity contribution in [3.05, 3.63) is 35.4 Å². The SMILES string of the molecule is CCOCCN1C(=O)N[C@@](C)(c2cc(F)ccc2F)C1=O. The zero-order valence-corrected chi connectivity index (χ0v) is 11.8. The summed E-state index contributed by atoms with van der Waals surface area (Å²) >= 11 is 0. The van der Waals surface area contributed by atoms with Gasteiger partial charge < -0.3 is 10.1 Å². The first-order valence-electron chi connectivity index (χ1n) is 6.57. The lowest BCUT2D eigenvalue weighted by atomic mass is 9.91. The molecule has 1 heterocycles. The lowest BCUT2D eigenvalue weighted by Gasteiger charge is -2.22. The first-order chi connectivity index (χ1) is 9.90. The number of benzene rings is 1. The molecule has 0 aliphatic carbocycles. The van der Waals surface area contributed by atoms with Crippen molar-refractivity contribution in [1.82, 2.24) is 10.2 Å². The monoisotopic (exact) mass is 298 g/mol. The first-order valence-corrected chi connectivity index (χ1v) is 6.57. The van der Waals surface area contributed by atoms with Gasteiger partial charge in [-0.15, -0.1) is 0 Å². The van der Waals surface area contributed by atoms with Gasteiger partial charge in [-0.2, -0.15) is 0 Å². The molecule has 1 aliphatic heterocycles. The standard InChI is InChI=1S/C14H16F2N2O3/c1-3-21-7-6-18-12(19)14(2,17-13(18)20)10-8-9(15)4-5-11(10)16/h4-5,8H,3,6-7H2,1-2H3,(H,17,20)/t14-/m0/s1. The van der Waals surface area contributed by atoms with Crippen molar-refractivity contribution in [3.63, 3.8) is 0 Å². The second kappa shape index (κ2) is 5.77. The van der Waals surface area contributed by atoms with Crippen LogP contribution < -0.4 is 5.32 Å². The molecule has 114 valence electrons. The first kappa shape index (κ1) is 15.4. The highest BCUT2D eigenvalue weighted by molar-refractivity contribution is 6.07. The molecule has 5 nitrogen and oxygen atoms in total. The summed E-state index contributed by atoms with van der Waals surface area (Å²) in [7, 11) is 0. The van der Waals surface area contributed by atoms with Crippen LogP contribution in [0.3, 0.4) is 0 Å². The third-order valence-corrected chi connectivity index (χ3v) is 3.41. The van der Waals surface area contributed by atoms with E-state index in [1.165, 1.54) is 6.92 Å². The van der Waals surface area contributed by atoms with Gasteiger partial charge in [0.25, 0.3) is 5.91 Å². The third-order valence-electron chi connectivity index (χ3n) is 3.41. The summed E-state index contributed by atoms with van der Waals surface area (Å²) < 4.78 is 32.3. The maximum atomic E-state index is 13.9. The number of ether oxygens (including phenoxy) is 1. The number of carbonyl (C=O) groups is 2. The number of imide groups is 1. The van der Waals surface area contributed by atoms with Crippen LogP contribution in [0, 0.1) is 11.6 Å². The van der Waals surface area contributed by atoms with E-state index in [1.54, 1.807) is 6.92 Å². The Bertz CT molecular complexity index is 579. The molecule has 1 atom stereocenters. The van der Waals surface area contributed by atoms with Crippen molar-refractivity contribution >= 4 is 11.9 Å². The molecule has 0 radical (unpaired) electrons. The Morgan fingerprint density at radius 1 is 1.33 bits per heavy atom. The Hall–Kier alpha value is -2.02. The molecule has 0 bridgehead atoms. The van der Waals surface area contributed by atoms with Crippen LogP contribution in [0.5, 0.6) is 0 Å². The van der Waals surface area contributed by atoms with Crippen molar-refractivity contribution in [2.75, 3.05) is 19.8 Å². The molecule has 2 rings (SSSR count). The molecular formula is C14H16F2N2O3. The minimum Gasteiger partial charge on any atom is -0.380 e. The number of urea groups is 1. The van der Waals surface area contributed by atoms with Gasteiger partial charge in [-0.3, -0.25) is 9.69 Å². The normalized spacial score (nSPS) is 21.8. The molecule has 1 saturated heterocycles. The Labute approximate surface area is 120 Å². The molecule has 7 heteroatoms. The Balaban J connectivity index is 2.29. The number of nitrogens with zero attached hydrogens (tertiary/aromatic N) is 1. The van der Waals surface area contributed by atoms with Crippen LogP contribution in [-0.2, 0) is 15.1 Å². The average molecular weight is 298 g/mol. The molecule has 1 N–H and O–H groups in total. The number of nitrogens with one attached hydrogen (secondary N) is 1.